The molecule has 0 bridgehead atoms. The van der Waals surface area contributed by atoms with Crippen molar-refractivity contribution in [3.05, 3.63) is 0 Å². The molecule has 9 heteroatoms. The molecule has 0 spiro atoms. The molecule has 0 aromatic carbocycles. The number of carboxylic acids is 2. The molecule has 0 aromatic heterocycles. The molecule has 0 aliphatic carbocycles. The van der Waals surface area contributed by atoms with E-state index in [-0.39, 0.29) is 0 Å². The molecule has 2 atom stereocenters. The van der Waals surface area contributed by atoms with E-state index in [9.17, 15) is 9.59 Å². The summed E-state index contributed by atoms with van der Waals surface area (Å²) >= 11 is -2.86. The number of nitrogens with two attached hydrogens (primary N) is 2. The average molecular weight is 445 g/mol. The Bertz CT molecular complexity index is 380. The van der Waals surface area contributed by atoms with Crippen molar-refractivity contribution >= 4 is 45.4 Å². The SMILES string of the molecule is CC(C)([S][Sn]([CH3])([CH3])[S]C(C)(C)C(N)C(=O)O)C(N)C(=O)O. The number of carbonyl (C=O) groups is 2. The summed E-state index contributed by atoms with van der Waals surface area (Å²) in [7, 11) is 3.23. The summed E-state index contributed by atoms with van der Waals surface area (Å²) in [6, 6.07) is -1.93. The molecule has 21 heavy (non-hydrogen) atoms. The number of rotatable bonds is 8. The zero-order valence-corrected chi connectivity index (χ0v) is 17.8. The third-order valence-corrected chi connectivity index (χ3v) is 26.4. The van der Waals surface area contributed by atoms with Gasteiger partial charge in [-0.2, -0.15) is 0 Å². The van der Waals surface area contributed by atoms with Gasteiger partial charge in [0.25, 0.3) is 0 Å². The number of hydrogen-bond acceptors (Lipinski definition) is 6. The van der Waals surface area contributed by atoms with Crippen LogP contribution in [0, 0.1) is 0 Å². The van der Waals surface area contributed by atoms with Crippen molar-refractivity contribution in [3.8, 4) is 0 Å². The molecule has 2 unspecified atom stereocenters. The third-order valence-electron chi connectivity index (χ3n) is 3.05. The Morgan fingerprint density at radius 1 is 0.905 bits per heavy atom. The topological polar surface area (TPSA) is 127 Å². The van der Waals surface area contributed by atoms with Crippen LogP contribution < -0.4 is 11.5 Å². The van der Waals surface area contributed by atoms with Crippen LogP contribution in [0.4, 0.5) is 0 Å². The summed E-state index contributed by atoms with van der Waals surface area (Å²) < 4.78 is -1.22. The van der Waals surface area contributed by atoms with Gasteiger partial charge in [-0.3, -0.25) is 0 Å². The molecule has 6 N–H and O–H groups in total. The first kappa shape index (κ1) is 21.4. The molecular weight excluding hydrogens is 419 g/mol. The summed E-state index contributed by atoms with van der Waals surface area (Å²) in [4.78, 5) is 26.4. The van der Waals surface area contributed by atoms with Gasteiger partial charge < -0.3 is 0 Å². The van der Waals surface area contributed by atoms with Crippen LogP contribution in [-0.4, -0.2) is 59.3 Å². The fourth-order valence-electron chi connectivity index (χ4n) is 2.01. The van der Waals surface area contributed by atoms with E-state index in [1.54, 1.807) is 17.9 Å². The minimum atomic E-state index is -2.86. The summed E-state index contributed by atoms with van der Waals surface area (Å²) in [5.74, 6) is -2.05. The molecule has 124 valence electrons. The van der Waals surface area contributed by atoms with E-state index in [1.165, 1.54) is 0 Å². The van der Waals surface area contributed by atoms with Gasteiger partial charge in [0.05, 0.1) is 0 Å². The maximum atomic E-state index is 11.1. The fourth-order valence-corrected chi connectivity index (χ4v) is 38.8. The molecule has 6 nitrogen and oxygen atoms in total. The monoisotopic (exact) mass is 446 g/mol. The van der Waals surface area contributed by atoms with E-state index in [0.717, 1.165) is 0 Å². The van der Waals surface area contributed by atoms with Crippen LogP contribution >= 0.6 is 17.9 Å². The Morgan fingerprint density at radius 3 is 1.33 bits per heavy atom. The van der Waals surface area contributed by atoms with Gasteiger partial charge in [0, 0.05) is 0 Å². The van der Waals surface area contributed by atoms with Gasteiger partial charge in [-0.15, -0.1) is 0 Å². The molecule has 0 saturated heterocycles. The van der Waals surface area contributed by atoms with Crippen LogP contribution in [0.5, 0.6) is 0 Å². The van der Waals surface area contributed by atoms with Crippen molar-refractivity contribution in [2.75, 3.05) is 0 Å². The van der Waals surface area contributed by atoms with Crippen molar-refractivity contribution in [2.24, 2.45) is 11.5 Å². The predicted molar refractivity (Wildman–Crippen MR) is 92.0 cm³/mol. The fraction of sp³-hybridized carbons (Fsp3) is 0.833. The summed E-state index contributed by atoms with van der Waals surface area (Å²) in [6.07, 6.45) is 0. The van der Waals surface area contributed by atoms with Gasteiger partial charge in [-0.25, -0.2) is 0 Å². The zero-order chi connectivity index (χ0) is 17.2. The second kappa shape index (κ2) is 7.29. The zero-order valence-electron chi connectivity index (χ0n) is 13.3. The van der Waals surface area contributed by atoms with Gasteiger partial charge in [-0.1, -0.05) is 0 Å². The van der Waals surface area contributed by atoms with Crippen molar-refractivity contribution in [3.63, 3.8) is 0 Å². The molecule has 0 fully saturated rings. The summed E-state index contributed by atoms with van der Waals surface area (Å²) in [6.45, 7) is 7.28. The summed E-state index contributed by atoms with van der Waals surface area (Å²) in [5, 5.41) is 18.2. The first-order chi connectivity index (χ1) is 9.12. The van der Waals surface area contributed by atoms with Crippen molar-refractivity contribution in [1.82, 2.24) is 0 Å². The Morgan fingerprint density at radius 2 is 1.14 bits per heavy atom. The van der Waals surface area contributed by atoms with Crippen molar-refractivity contribution in [2.45, 2.75) is 59.2 Å². The predicted octanol–water partition coefficient (Wildman–Crippen LogP) is 1.54. The second-order valence-corrected chi connectivity index (χ2v) is 35.9. The molecule has 0 rings (SSSR count). The number of aliphatic carboxylic acids is 2. The van der Waals surface area contributed by atoms with Crippen molar-refractivity contribution < 1.29 is 19.8 Å². The number of carboxylic acid groups (broad SMARTS) is 2. The normalized spacial score (nSPS) is 16.4. The standard InChI is InChI=1S/2C5H11NO2S.2CH3.Sn/c2*1-5(2,9)3(6)4(7)8;;;/h2*3,9H,6H2,1-2H3,(H,7,8);2*1H3;/q;;;;+2/p-2. The Labute approximate surface area is 135 Å². The van der Waals surface area contributed by atoms with Crippen LogP contribution in [-0.2, 0) is 9.59 Å². The molecule has 0 amide bonds. The van der Waals surface area contributed by atoms with E-state index in [1.807, 2.05) is 27.7 Å². The van der Waals surface area contributed by atoms with E-state index in [2.05, 4.69) is 9.88 Å². The molecule has 0 saturated carbocycles. The van der Waals surface area contributed by atoms with Crippen LogP contribution in [0.1, 0.15) is 27.7 Å². The quantitative estimate of drug-likeness (QED) is 0.415. The first-order valence-corrected chi connectivity index (χ1v) is 20.8. The van der Waals surface area contributed by atoms with Crippen LogP contribution in [0.15, 0.2) is 0 Å². The average Bonchev–Trinajstić information content (AvgIpc) is 2.23. The van der Waals surface area contributed by atoms with Crippen molar-refractivity contribution in [1.29, 1.82) is 0 Å². The molecule has 0 radical (unpaired) electrons. The molecular formula is C12H26N2O4S2Sn. The third kappa shape index (κ3) is 6.55. The number of hydrogen-bond donors (Lipinski definition) is 4. The minimum absolute atomic E-state index is 0.609. The molecule has 0 aliphatic rings. The second-order valence-electron chi connectivity index (χ2n) is 6.44. The van der Waals surface area contributed by atoms with Crippen LogP contribution in [0.2, 0.25) is 9.88 Å². The van der Waals surface area contributed by atoms with Gasteiger partial charge in [0.1, 0.15) is 0 Å². The van der Waals surface area contributed by atoms with E-state index in [4.69, 9.17) is 21.7 Å². The van der Waals surface area contributed by atoms with Gasteiger partial charge in [-0.05, 0) is 0 Å². The van der Waals surface area contributed by atoms with Gasteiger partial charge in [0.2, 0.25) is 0 Å². The van der Waals surface area contributed by atoms with E-state index in [0.29, 0.717) is 0 Å². The van der Waals surface area contributed by atoms with E-state index >= 15 is 0 Å². The molecule has 0 aromatic rings. The molecule has 0 aliphatic heterocycles. The Hall–Kier alpha value is 0.359. The van der Waals surface area contributed by atoms with E-state index < -0.39 is 49.1 Å². The van der Waals surface area contributed by atoms with Gasteiger partial charge >= 0.3 is 136 Å². The Kier molecular flexibility index (Phi) is 7.41. The summed E-state index contributed by atoms with van der Waals surface area (Å²) in [5.41, 5.74) is 11.5. The maximum absolute atomic E-state index is 11.1. The van der Waals surface area contributed by atoms with Gasteiger partial charge in [0.15, 0.2) is 0 Å². The first-order valence-electron chi connectivity index (χ1n) is 6.49. The van der Waals surface area contributed by atoms with Crippen LogP contribution in [0.25, 0.3) is 0 Å². The Balaban J connectivity index is 5.07. The molecule has 0 heterocycles. The van der Waals surface area contributed by atoms with Crippen LogP contribution in [0.3, 0.4) is 0 Å².